The summed E-state index contributed by atoms with van der Waals surface area (Å²) < 4.78 is 0. The van der Waals surface area contributed by atoms with E-state index in [1.807, 2.05) is 24.3 Å². The first-order valence-corrected chi connectivity index (χ1v) is 7.31. The van der Waals surface area contributed by atoms with E-state index >= 15 is 0 Å². The molecule has 0 aliphatic carbocycles. The zero-order chi connectivity index (χ0) is 15.0. The molecule has 1 saturated heterocycles. The quantitative estimate of drug-likeness (QED) is 0.836. The molecule has 0 aromatic heterocycles. The molecule has 1 atom stereocenters. The largest absolute Gasteiger partial charge is 0.506 e. The Balaban J connectivity index is 2.02. The van der Waals surface area contributed by atoms with Crippen molar-refractivity contribution in [1.29, 1.82) is 0 Å². The first-order valence-electron chi connectivity index (χ1n) is 6.90. The fourth-order valence-electron chi connectivity index (χ4n) is 2.89. The van der Waals surface area contributed by atoms with Gasteiger partial charge >= 0.3 is 0 Å². The van der Waals surface area contributed by atoms with Crippen molar-refractivity contribution in [1.82, 2.24) is 4.90 Å². The number of hydrogen-bond acceptors (Lipinski definition) is 3. The molecule has 1 aliphatic rings. The molecule has 0 spiro atoms. The van der Waals surface area contributed by atoms with E-state index < -0.39 is 0 Å². The molecule has 2 aromatic carbocycles. The molecule has 108 valence electrons. The number of benzene rings is 2. The lowest BCUT2D eigenvalue weighted by atomic mass is 10.0. The van der Waals surface area contributed by atoms with Gasteiger partial charge in [0.2, 0.25) is 0 Å². The van der Waals surface area contributed by atoms with Crippen LogP contribution < -0.4 is 5.73 Å². The topological polar surface area (TPSA) is 66.6 Å². The SMILES string of the molecule is NC(=S)C1CCCN1C(=O)c1ccc2ccccc2c1O. The van der Waals surface area contributed by atoms with Crippen molar-refractivity contribution in [2.75, 3.05) is 6.54 Å². The molecule has 0 bridgehead atoms. The summed E-state index contributed by atoms with van der Waals surface area (Å²) in [5.41, 5.74) is 6.01. The number of phenols is 1. The van der Waals surface area contributed by atoms with Gasteiger partial charge < -0.3 is 15.7 Å². The summed E-state index contributed by atoms with van der Waals surface area (Å²) in [4.78, 5) is 14.7. The van der Waals surface area contributed by atoms with Crippen molar-refractivity contribution < 1.29 is 9.90 Å². The summed E-state index contributed by atoms with van der Waals surface area (Å²) in [6.45, 7) is 0.618. The number of nitrogens with two attached hydrogens (primary N) is 1. The smallest absolute Gasteiger partial charge is 0.258 e. The summed E-state index contributed by atoms with van der Waals surface area (Å²) in [7, 11) is 0. The van der Waals surface area contributed by atoms with Crippen LogP contribution in [0.25, 0.3) is 10.8 Å². The van der Waals surface area contributed by atoms with E-state index in [0.717, 1.165) is 18.2 Å². The molecule has 4 nitrogen and oxygen atoms in total. The van der Waals surface area contributed by atoms with Gasteiger partial charge in [-0.2, -0.15) is 0 Å². The number of nitrogens with zero attached hydrogens (tertiary/aromatic N) is 1. The van der Waals surface area contributed by atoms with Crippen molar-refractivity contribution in [3.8, 4) is 5.75 Å². The number of carbonyl (C=O) groups excluding carboxylic acids is 1. The highest BCUT2D eigenvalue weighted by atomic mass is 32.1. The molecule has 1 fully saturated rings. The number of thiocarbonyl (C=S) groups is 1. The van der Waals surface area contributed by atoms with E-state index in [9.17, 15) is 9.90 Å². The Bertz CT molecular complexity index is 729. The van der Waals surface area contributed by atoms with Crippen molar-refractivity contribution in [2.24, 2.45) is 5.73 Å². The lowest BCUT2D eigenvalue weighted by Gasteiger charge is -2.24. The maximum absolute atomic E-state index is 12.7. The van der Waals surface area contributed by atoms with Gasteiger partial charge in [0.15, 0.2) is 0 Å². The van der Waals surface area contributed by atoms with E-state index in [-0.39, 0.29) is 17.7 Å². The van der Waals surface area contributed by atoms with Crippen LogP contribution in [0.3, 0.4) is 0 Å². The number of hydrogen-bond donors (Lipinski definition) is 2. The molecule has 1 amide bonds. The number of aromatic hydroxyl groups is 1. The summed E-state index contributed by atoms with van der Waals surface area (Å²) in [5.74, 6) is -0.194. The molecule has 21 heavy (non-hydrogen) atoms. The highest BCUT2D eigenvalue weighted by molar-refractivity contribution is 7.80. The predicted molar refractivity (Wildman–Crippen MR) is 86.5 cm³/mol. The van der Waals surface area contributed by atoms with Crippen molar-refractivity contribution in [2.45, 2.75) is 18.9 Å². The van der Waals surface area contributed by atoms with Crippen LogP contribution in [0.5, 0.6) is 5.75 Å². The van der Waals surface area contributed by atoms with Crippen LogP contribution in [-0.4, -0.2) is 33.5 Å². The minimum Gasteiger partial charge on any atom is -0.506 e. The minimum atomic E-state index is -0.214. The molecule has 3 rings (SSSR count). The fourth-order valence-corrected chi connectivity index (χ4v) is 3.13. The standard InChI is InChI=1S/C16H16N2O2S/c17-15(21)13-6-3-9-18(13)16(20)12-8-7-10-4-1-2-5-11(10)14(12)19/h1-2,4-5,7-8,13,19H,3,6,9H2,(H2,17,21). The molecule has 0 saturated carbocycles. The van der Waals surface area contributed by atoms with Gasteiger partial charge in [0.25, 0.3) is 5.91 Å². The fraction of sp³-hybridized carbons (Fsp3) is 0.250. The van der Waals surface area contributed by atoms with Gasteiger partial charge in [-0.3, -0.25) is 4.79 Å². The predicted octanol–water partition coefficient (Wildman–Crippen LogP) is 2.44. The van der Waals surface area contributed by atoms with E-state index in [1.54, 1.807) is 17.0 Å². The molecule has 1 aliphatic heterocycles. The van der Waals surface area contributed by atoms with Crippen LogP contribution in [0.2, 0.25) is 0 Å². The Morgan fingerprint density at radius 1 is 1.29 bits per heavy atom. The van der Waals surface area contributed by atoms with Gasteiger partial charge in [-0.05, 0) is 24.3 Å². The summed E-state index contributed by atoms with van der Waals surface area (Å²) in [6.07, 6.45) is 1.66. The highest BCUT2D eigenvalue weighted by Gasteiger charge is 2.32. The van der Waals surface area contributed by atoms with E-state index in [1.165, 1.54) is 0 Å². The third-order valence-electron chi connectivity index (χ3n) is 3.97. The number of carbonyl (C=O) groups is 1. The Hall–Kier alpha value is -2.14. The zero-order valence-corrected chi connectivity index (χ0v) is 12.3. The molecule has 0 radical (unpaired) electrons. The number of likely N-dealkylation sites (tertiary alicyclic amines) is 1. The Morgan fingerprint density at radius 2 is 2.05 bits per heavy atom. The maximum Gasteiger partial charge on any atom is 0.258 e. The van der Waals surface area contributed by atoms with Gasteiger partial charge in [0.1, 0.15) is 5.75 Å². The molecular formula is C16H16N2O2S. The number of rotatable bonds is 2. The Morgan fingerprint density at radius 3 is 2.81 bits per heavy atom. The lowest BCUT2D eigenvalue weighted by Crippen LogP contribution is -2.42. The van der Waals surface area contributed by atoms with E-state index in [2.05, 4.69) is 0 Å². The van der Waals surface area contributed by atoms with Crippen LogP contribution in [-0.2, 0) is 0 Å². The average Bonchev–Trinajstić information content (AvgIpc) is 2.97. The number of fused-ring (bicyclic) bond motifs is 1. The van der Waals surface area contributed by atoms with Gasteiger partial charge in [0.05, 0.1) is 16.6 Å². The van der Waals surface area contributed by atoms with Gasteiger partial charge in [0, 0.05) is 11.9 Å². The number of amides is 1. The molecule has 5 heteroatoms. The van der Waals surface area contributed by atoms with Crippen molar-refractivity contribution in [3.63, 3.8) is 0 Å². The third kappa shape index (κ3) is 2.34. The second kappa shape index (κ2) is 5.33. The van der Waals surface area contributed by atoms with Gasteiger partial charge in [-0.15, -0.1) is 0 Å². The third-order valence-corrected chi connectivity index (χ3v) is 4.25. The lowest BCUT2D eigenvalue weighted by molar-refractivity contribution is 0.0767. The second-order valence-electron chi connectivity index (χ2n) is 5.24. The summed E-state index contributed by atoms with van der Waals surface area (Å²) >= 11 is 5.03. The average molecular weight is 300 g/mol. The van der Waals surface area contributed by atoms with Gasteiger partial charge in [-0.25, -0.2) is 0 Å². The van der Waals surface area contributed by atoms with E-state index in [0.29, 0.717) is 22.5 Å². The molecule has 2 aromatic rings. The van der Waals surface area contributed by atoms with Gasteiger partial charge in [-0.1, -0.05) is 42.5 Å². The van der Waals surface area contributed by atoms with Crippen LogP contribution in [0.1, 0.15) is 23.2 Å². The monoisotopic (exact) mass is 300 g/mol. The first-order chi connectivity index (χ1) is 10.1. The zero-order valence-electron chi connectivity index (χ0n) is 11.5. The van der Waals surface area contributed by atoms with Crippen LogP contribution >= 0.6 is 12.2 Å². The van der Waals surface area contributed by atoms with Crippen LogP contribution in [0, 0.1) is 0 Å². The van der Waals surface area contributed by atoms with E-state index in [4.69, 9.17) is 18.0 Å². The van der Waals surface area contributed by atoms with Crippen LogP contribution in [0.4, 0.5) is 0 Å². The summed E-state index contributed by atoms with van der Waals surface area (Å²) in [5, 5.41) is 12.0. The molecule has 3 N–H and O–H groups in total. The molecule has 1 heterocycles. The first kappa shape index (κ1) is 13.8. The Kier molecular flexibility index (Phi) is 3.51. The maximum atomic E-state index is 12.7. The van der Waals surface area contributed by atoms with Crippen LogP contribution in [0.15, 0.2) is 36.4 Å². The summed E-state index contributed by atoms with van der Waals surface area (Å²) in [6, 6.07) is 10.7. The normalized spacial score (nSPS) is 18.1. The minimum absolute atomic E-state index is 0.0201. The van der Waals surface area contributed by atoms with Crippen molar-refractivity contribution in [3.05, 3.63) is 42.0 Å². The van der Waals surface area contributed by atoms with Crippen molar-refractivity contribution >= 4 is 33.9 Å². The highest BCUT2D eigenvalue weighted by Crippen LogP contribution is 2.31. The second-order valence-corrected chi connectivity index (χ2v) is 5.71. The number of phenolic OH excluding ortho intramolecular Hbond substituents is 1. The molecule has 1 unspecified atom stereocenters. The Labute approximate surface area is 128 Å². The molecular weight excluding hydrogens is 284 g/mol.